The fourth-order valence-corrected chi connectivity index (χ4v) is 1.79. The first kappa shape index (κ1) is 12.9. The molecular formula is C11H24N2O2. The van der Waals surface area contributed by atoms with Gasteiger partial charge in [-0.2, -0.15) is 0 Å². The lowest BCUT2D eigenvalue weighted by atomic mass is 10.2. The molecule has 4 nitrogen and oxygen atoms in total. The summed E-state index contributed by atoms with van der Waals surface area (Å²) in [5, 5.41) is 3.47. The van der Waals surface area contributed by atoms with Crippen LogP contribution in [0.15, 0.2) is 0 Å². The third-order valence-electron chi connectivity index (χ3n) is 2.85. The summed E-state index contributed by atoms with van der Waals surface area (Å²) in [5.41, 5.74) is 0. The molecule has 0 bridgehead atoms. The number of likely N-dealkylation sites (N-methyl/N-ethyl adjacent to an activating group) is 1. The van der Waals surface area contributed by atoms with E-state index in [1.807, 2.05) is 0 Å². The van der Waals surface area contributed by atoms with Gasteiger partial charge in [0, 0.05) is 26.2 Å². The van der Waals surface area contributed by atoms with E-state index in [9.17, 15) is 0 Å². The second-order valence-electron chi connectivity index (χ2n) is 3.94. The second kappa shape index (κ2) is 8.05. The molecule has 1 N–H and O–H groups in total. The Morgan fingerprint density at radius 2 is 2.33 bits per heavy atom. The maximum atomic E-state index is 5.42. The number of hydrogen-bond donors (Lipinski definition) is 1. The van der Waals surface area contributed by atoms with Crippen LogP contribution in [-0.2, 0) is 9.47 Å². The molecule has 1 fully saturated rings. The van der Waals surface area contributed by atoms with E-state index in [-0.39, 0.29) is 0 Å². The maximum Gasteiger partial charge on any atom is 0.0620 e. The summed E-state index contributed by atoms with van der Waals surface area (Å²) in [7, 11) is 1.75. The van der Waals surface area contributed by atoms with Gasteiger partial charge in [-0.3, -0.25) is 0 Å². The van der Waals surface area contributed by atoms with E-state index >= 15 is 0 Å². The fourth-order valence-electron chi connectivity index (χ4n) is 1.79. The van der Waals surface area contributed by atoms with Crippen molar-refractivity contribution >= 4 is 0 Å². The molecule has 0 amide bonds. The van der Waals surface area contributed by atoms with Crippen LogP contribution in [0, 0.1) is 0 Å². The average molecular weight is 216 g/mol. The number of methoxy groups -OCH3 is 1. The third-order valence-corrected chi connectivity index (χ3v) is 2.85. The molecule has 1 atom stereocenters. The van der Waals surface area contributed by atoms with Gasteiger partial charge in [0.1, 0.15) is 0 Å². The summed E-state index contributed by atoms with van der Waals surface area (Å²) in [6.45, 7) is 8.98. The molecular weight excluding hydrogens is 192 g/mol. The molecule has 1 heterocycles. The lowest BCUT2D eigenvalue weighted by Crippen LogP contribution is -2.43. The van der Waals surface area contributed by atoms with Crippen LogP contribution >= 0.6 is 0 Å². The van der Waals surface area contributed by atoms with Crippen LogP contribution in [-0.4, -0.2) is 64.1 Å². The first-order valence-corrected chi connectivity index (χ1v) is 5.89. The van der Waals surface area contributed by atoms with Gasteiger partial charge in [0.05, 0.1) is 19.8 Å². The Morgan fingerprint density at radius 3 is 2.93 bits per heavy atom. The molecule has 1 aliphatic rings. The Bertz CT molecular complexity index is 150. The van der Waals surface area contributed by atoms with Gasteiger partial charge in [-0.25, -0.2) is 0 Å². The largest absolute Gasteiger partial charge is 0.383 e. The normalized spacial score (nSPS) is 22.2. The molecule has 0 aliphatic carbocycles. The zero-order valence-corrected chi connectivity index (χ0v) is 10.00. The Labute approximate surface area is 92.9 Å². The summed E-state index contributed by atoms with van der Waals surface area (Å²) in [6, 6.07) is 0.537. The molecule has 15 heavy (non-hydrogen) atoms. The van der Waals surface area contributed by atoms with E-state index < -0.39 is 0 Å². The molecule has 1 unspecified atom stereocenters. The number of rotatable bonds is 7. The molecule has 1 rings (SSSR count). The summed E-state index contributed by atoms with van der Waals surface area (Å²) < 4.78 is 10.5. The van der Waals surface area contributed by atoms with Gasteiger partial charge in [-0.15, -0.1) is 0 Å². The lowest BCUT2D eigenvalue weighted by molar-refractivity contribution is 0.0683. The van der Waals surface area contributed by atoms with Crippen molar-refractivity contribution in [3.05, 3.63) is 0 Å². The van der Waals surface area contributed by atoms with E-state index in [0.29, 0.717) is 6.04 Å². The fraction of sp³-hybridized carbons (Fsp3) is 1.00. The molecule has 4 heteroatoms. The predicted molar refractivity (Wildman–Crippen MR) is 61.2 cm³/mol. The summed E-state index contributed by atoms with van der Waals surface area (Å²) in [5.74, 6) is 0. The van der Waals surface area contributed by atoms with Crippen molar-refractivity contribution in [2.75, 3.05) is 53.1 Å². The van der Waals surface area contributed by atoms with Gasteiger partial charge >= 0.3 is 0 Å². The van der Waals surface area contributed by atoms with Crippen LogP contribution in [0.1, 0.15) is 13.3 Å². The minimum absolute atomic E-state index is 0.537. The Kier molecular flexibility index (Phi) is 6.92. The van der Waals surface area contributed by atoms with Crippen molar-refractivity contribution in [1.29, 1.82) is 0 Å². The van der Waals surface area contributed by atoms with E-state index in [2.05, 4.69) is 17.1 Å². The molecule has 0 aromatic carbocycles. The van der Waals surface area contributed by atoms with E-state index in [4.69, 9.17) is 9.47 Å². The Balaban J connectivity index is 2.09. The molecule has 90 valence electrons. The van der Waals surface area contributed by atoms with Crippen LogP contribution < -0.4 is 5.32 Å². The van der Waals surface area contributed by atoms with Gasteiger partial charge in [-0.05, 0) is 19.5 Å². The van der Waals surface area contributed by atoms with Gasteiger partial charge < -0.3 is 19.7 Å². The van der Waals surface area contributed by atoms with Crippen LogP contribution in [0.25, 0.3) is 0 Å². The van der Waals surface area contributed by atoms with E-state index in [0.717, 1.165) is 52.4 Å². The summed E-state index contributed by atoms with van der Waals surface area (Å²) >= 11 is 0. The molecule has 0 spiro atoms. The average Bonchev–Trinajstić information content (AvgIpc) is 2.31. The van der Waals surface area contributed by atoms with Gasteiger partial charge in [-0.1, -0.05) is 6.92 Å². The third kappa shape index (κ3) is 5.47. The number of ether oxygens (including phenoxy) is 2. The highest BCUT2D eigenvalue weighted by Crippen LogP contribution is 2.00. The van der Waals surface area contributed by atoms with Gasteiger partial charge in [0.2, 0.25) is 0 Å². The van der Waals surface area contributed by atoms with Crippen LogP contribution in [0.2, 0.25) is 0 Å². The molecule has 0 radical (unpaired) electrons. The number of nitrogens with zero attached hydrogens (tertiary/aromatic N) is 1. The zero-order chi connectivity index (χ0) is 10.9. The SMILES string of the molecule is CCN(CCOC)CCC1COCCN1. The highest BCUT2D eigenvalue weighted by atomic mass is 16.5. The maximum absolute atomic E-state index is 5.42. The van der Waals surface area contributed by atoms with Crippen molar-refractivity contribution in [3.63, 3.8) is 0 Å². The second-order valence-corrected chi connectivity index (χ2v) is 3.94. The Morgan fingerprint density at radius 1 is 1.47 bits per heavy atom. The summed E-state index contributed by atoms with van der Waals surface area (Å²) in [4.78, 5) is 2.42. The smallest absolute Gasteiger partial charge is 0.0620 e. The van der Waals surface area contributed by atoms with Crippen LogP contribution in [0.4, 0.5) is 0 Å². The highest BCUT2D eigenvalue weighted by Gasteiger charge is 2.13. The molecule has 0 saturated carbocycles. The first-order valence-electron chi connectivity index (χ1n) is 5.89. The van der Waals surface area contributed by atoms with Crippen molar-refractivity contribution in [1.82, 2.24) is 10.2 Å². The van der Waals surface area contributed by atoms with Crippen molar-refractivity contribution in [2.45, 2.75) is 19.4 Å². The van der Waals surface area contributed by atoms with Crippen molar-refractivity contribution in [2.24, 2.45) is 0 Å². The predicted octanol–water partition coefficient (Wildman–Crippen LogP) is 0.333. The molecule has 1 saturated heterocycles. The number of nitrogens with one attached hydrogen (secondary N) is 1. The van der Waals surface area contributed by atoms with Gasteiger partial charge in [0.25, 0.3) is 0 Å². The summed E-state index contributed by atoms with van der Waals surface area (Å²) in [6.07, 6.45) is 1.16. The minimum Gasteiger partial charge on any atom is -0.383 e. The van der Waals surface area contributed by atoms with Crippen molar-refractivity contribution < 1.29 is 9.47 Å². The quantitative estimate of drug-likeness (QED) is 0.665. The molecule has 0 aromatic heterocycles. The van der Waals surface area contributed by atoms with Crippen molar-refractivity contribution in [3.8, 4) is 0 Å². The lowest BCUT2D eigenvalue weighted by Gasteiger charge is -2.27. The van der Waals surface area contributed by atoms with E-state index in [1.54, 1.807) is 7.11 Å². The first-order chi connectivity index (χ1) is 7.36. The monoisotopic (exact) mass is 216 g/mol. The number of morpholine rings is 1. The number of hydrogen-bond acceptors (Lipinski definition) is 4. The van der Waals surface area contributed by atoms with E-state index in [1.165, 1.54) is 0 Å². The minimum atomic E-state index is 0.537. The topological polar surface area (TPSA) is 33.7 Å². The highest BCUT2D eigenvalue weighted by molar-refractivity contribution is 4.71. The van der Waals surface area contributed by atoms with Gasteiger partial charge in [0.15, 0.2) is 0 Å². The van der Waals surface area contributed by atoms with Crippen LogP contribution in [0.5, 0.6) is 0 Å². The zero-order valence-electron chi connectivity index (χ0n) is 10.00. The molecule has 1 aliphatic heterocycles. The Hall–Kier alpha value is -0.160. The van der Waals surface area contributed by atoms with Crippen LogP contribution in [0.3, 0.4) is 0 Å². The standard InChI is InChI=1S/C11H24N2O2/c1-3-13(7-9-14-2)6-4-11-10-15-8-5-12-11/h11-12H,3-10H2,1-2H3. The molecule has 0 aromatic rings.